The first-order valence-corrected chi connectivity index (χ1v) is 8.12. The Labute approximate surface area is 123 Å². The van der Waals surface area contributed by atoms with E-state index < -0.39 is 0 Å². The van der Waals surface area contributed by atoms with Crippen LogP contribution in [-0.4, -0.2) is 6.54 Å². The Morgan fingerprint density at radius 1 is 1.20 bits per heavy atom. The lowest BCUT2D eigenvalue weighted by molar-refractivity contribution is 0.292. The van der Waals surface area contributed by atoms with Crippen LogP contribution in [0.2, 0.25) is 0 Å². The summed E-state index contributed by atoms with van der Waals surface area (Å²) < 4.78 is 13.1. The van der Waals surface area contributed by atoms with E-state index in [-0.39, 0.29) is 5.82 Å². The Kier molecular flexibility index (Phi) is 5.59. The summed E-state index contributed by atoms with van der Waals surface area (Å²) in [4.78, 5) is 0. The van der Waals surface area contributed by atoms with Crippen LogP contribution in [0.1, 0.15) is 70.4 Å². The smallest absolute Gasteiger partial charge is 0.123 e. The van der Waals surface area contributed by atoms with Gasteiger partial charge in [-0.1, -0.05) is 51.7 Å². The fourth-order valence-electron chi connectivity index (χ4n) is 3.26. The topological polar surface area (TPSA) is 12.0 Å². The van der Waals surface area contributed by atoms with Gasteiger partial charge >= 0.3 is 0 Å². The van der Waals surface area contributed by atoms with Gasteiger partial charge in [0.25, 0.3) is 0 Å². The zero-order valence-electron chi connectivity index (χ0n) is 12.9. The maximum Gasteiger partial charge on any atom is 0.123 e. The first kappa shape index (κ1) is 15.5. The normalized spacial score (nSPS) is 19.1. The van der Waals surface area contributed by atoms with Crippen molar-refractivity contribution in [2.24, 2.45) is 5.41 Å². The predicted octanol–water partition coefficient (Wildman–Crippen LogP) is 5.23. The SMILES string of the molecule is CCCCC(NCC1(C)CCCC1)c1ccc(F)cc1. The Bertz CT molecular complexity index is 392. The van der Waals surface area contributed by atoms with Crippen molar-refractivity contribution in [3.63, 3.8) is 0 Å². The van der Waals surface area contributed by atoms with Gasteiger partial charge < -0.3 is 5.32 Å². The molecule has 112 valence electrons. The highest BCUT2D eigenvalue weighted by atomic mass is 19.1. The molecule has 0 aromatic heterocycles. The molecule has 0 aliphatic heterocycles. The molecule has 2 heteroatoms. The molecule has 0 radical (unpaired) electrons. The van der Waals surface area contributed by atoms with Gasteiger partial charge in [0.15, 0.2) is 0 Å². The maximum absolute atomic E-state index is 13.1. The van der Waals surface area contributed by atoms with Crippen LogP contribution < -0.4 is 5.32 Å². The zero-order chi connectivity index (χ0) is 14.4. The van der Waals surface area contributed by atoms with Gasteiger partial charge in [-0.05, 0) is 42.4 Å². The Morgan fingerprint density at radius 3 is 2.45 bits per heavy atom. The van der Waals surface area contributed by atoms with Crippen LogP contribution >= 0.6 is 0 Å². The number of hydrogen-bond acceptors (Lipinski definition) is 1. The Morgan fingerprint density at radius 2 is 1.85 bits per heavy atom. The summed E-state index contributed by atoms with van der Waals surface area (Å²) in [6, 6.07) is 7.38. The molecule has 1 saturated carbocycles. The summed E-state index contributed by atoms with van der Waals surface area (Å²) in [6.07, 6.45) is 8.97. The highest BCUT2D eigenvalue weighted by Crippen LogP contribution is 2.37. The zero-order valence-corrected chi connectivity index (χ0v) is 12.9. The standard InChI is InChI=1S/C18H28FN/c1-3-4-7-17(15-8-10-16(19)11-9-15)20-14-18(2)12-5-6-13-18/h8-11,17,20H,3-7,12-14H2,1-2H3. The summed E-state index contributed by atoms with van der Waals surface area (Å²) in [5.74, 6) is -0.147. The van der Waals surface area contributed by atoms with Crippen LogP contribution in [0.5, 0.6) is 0 Å². The monoisotopic (exact) mass is 277 g/mol. The van der Waals surface area contributed by atoms with E-state index in [9.17, 15) is 4.39 Å². The minimum Gasteiger partial charge on any atom is -0.309 e. The quantitative estimate of drug-likeness (QED) is 0.720. The van der Waals surface area contributed by atoms with Gasteiger partial charge in [0, 0.05) is 12.6 Å². The van der Waals surface area contributed by atoms with Crippen molar-refractivity contribution in [3.05, 3.63) is 35.6 Å². The van der Waals surface area contributed by atoms with E-state index in [0.717, 1.165) is 13.0 Å². The summed E-state index contributed by atoms with van der Waals surface area (Å²) in [5, 5.41) is 3.75. The summed E-state index contributed by atoms with van der Waals surface area (Å²) in [5.41, 5.74) is 1.69. The molecule has 2 rings (SSSR count). The number of rotatable bonds is 7. The van der Waals surface area contributed by atoms with Crippen molar-refractivity contribution in [1.82, 2.24) is 5.32 Å². The fraction of sp³-hybridized carbons (Fsp3) is 0.667. The van der Waals surface area contributed by atoms with Crippen LogP contribution in [0.15, 0.2) is 24.3 Å². The number of hydrogen-bond donors (Lipinski definition) is 1. The lowest BCUT2D eigenvalue weighted by atomic mass is 9.88. The van der Waals surface area contributed by atoms with Crippen molar-refractivity contribution < 1.29 is 4.39 Å². The molecule has 0 spiro atoms. The lowest BCUT2D eigenvalue weighted by Crippen LogP contribution is -2.32. The first-order valence-electron chi connectivity index (χ1n) is 8.12. The third kappa shape index (κ3) is 4.31. The molecule has 0 saturated heterocycles. The van der Waals surface area contributed by atoms with Gasteiger partial charge in [-0.15, -0.1) is 0 Å². The van der Waals surface area contributed by atoms with Crippen molar-refractivity contribution in [1.29, 1.82) is 0 Å². The maximum atomic E-state index is 13.1. The van der Waals surface area contributed by atoms with Crippen LogP contribution in [0, 0.1) is 11.2 Å². The van der Waals surface area contributed by atoms with E-state index >= 15 is 0 Å². The van der Waals surface area contributed by atoms with Crippen molar-refractivity contribution >= 4 is 0 Å². The van der Waals surface area contributed by atoms with Crippen molar-refractivity contribution in [2.45, 2.75) is 64.8 Å². The van der Waals surface area contributed by atoms with E-state index in [1.807, 2.05) is 12.1 Å². The number of halogens is 1. The molecule has 1 atom stereocenters. The van der Waals surface area contributed by atoms with E-state index in [2.05, 4.69) is 19.2 Å². The molecule has 1 N–H and O–H groups in total. The molecule has 1 aromatic rings. The molecule has 1 aromatic carbocycles. The van der Waals surface area contributed by atoms with Crippen LogP contribution in [0.25, 0.3) is 0 Å². The largest absolute Gasteiger partial charge is 0.309 e. The van der Waals surface area contributed by atoms with Gasteiger partial charge in [-0.3, -0.25) is 0 Å². The van der Waals surface area contributed by atoms with Crippen LogP contribution in [0.4, 0.5) is 4.39 Å². The Hall–Kier alpha value is -0.890. The molecule has 1 aliphatic carbocycles. The van der Waals surface area contributed by atoms with E-state index in [4.69, 9.17) is 0 Å². The predicted molar refractivity (Wildman–Crippen MR) is 83.2 cm³/mol. The van der Waals surface area contributed by atoms with Crippen molar-refractivity contribution in [3.8, 4) is 0 Å². The highest BCUT2D eigenvalue weighted by Gasteiger charge is 2.29. The van der Waals surface area contributed by atoms with Crippen LogP contribution in [0.3, 0.4) is 0 Å². The highest BCUT2D eigenvalue weighted by molar-refractivity contribution is 5.20. The second-order valence-electron chi connectivity index (χ2n) is 6.65. The van der Waals surface area contributed by atoms with Gasteiger partial charge in [-0.2, -0.15) is 0 Å². The summed E-state index contributed by atoms with van der Waals surface area (Å²) in [7, 11) is 0. The molecular weight excluding hydrogens is 249 g/mol. The second kappa shape index (κ2) is 7.21. The van der Waals surface area contributed by atoms with Gasteiger partial charge in [0.05, 0.1) is 0 Å². The van der Waals surface area contributed by atoms with Gasteiger partial charge in [0.1, 0.15) is 5.82 Å². The first-order chi connectivity index (χ1) is 9.63. The molecular formula is C18H28FN. The molecule has 1 aliphatic rings. The van der Waals surface area contributed by atoms with E-state index in [0.29, 0.717) is 11.5 Å². The van der Waals surface area contributed by atoms with E-state index in [1.54, 1.807) is 12.1 Å². The summed E-state index contributed by atoms with van der Waals surface area (Å²) in [6.45, 7) is 5.70. The molecule has 0 bridgehead atoms. The number of nitrogens with one attached hydrogen (secondary N) is 1. The average Bonchev–Trinajstić information content (AvgIpc) is 2.88. The molecule has 1 fully saturated rings. The summed E-state index contributed by atoms with van der Waals surface area (Å²) >= 11 is 0. The third-order valence-electron chi connectivity index (χ3n) is 4.70. The van der Waals surface area contributed by atoms with Crippen molar-refractivity contribution in [2.75, 3.05) is 6.54 Å². The third-order valence-corrected chi connectivity index (χ3v) is 4.70. The van der Waals surface area contributed by atoms with Gasteiger partial charge in [-0.25, -0.2) is 4.39 Å². The van der Waals surface area contributed by atoms with Crippen LogP contribution in [-0.2, 0) is 0 Å². The lowest BCUT2D eigenvalue weighted by Gasteiger charge is -2.28. The fourth-order valence-corrected chi connectivity index (χ4v) is 3.26. The number of unbranched alkanes of at least 4 members (excludes halogenated alkanes) is 1. The molecule has 20 heavy (non-hydrogen) atoms. The molecule has 1 unspecified atom stereocenters. The molecule has 0 heterocycles. The Balaban J connectivity index is 1.97. The number of benzene rings is 1. The molecule has 0 amide bonds. The minimum absolute atomic E-state index is 0.147. The van der Waals surface area contributed by atoms with Gasteiger partial charge in [0.2, 0.25) is 0 Å². The second-order valence-corrected chi connectivity index (χ2v) is 6.65. The minimum atomic E-state index is -0.147. The molecule has 1 nitrogen and oxygen atoms in total. The van der Waals surface area contributed by atoms with E-state index in [1.165, 1.54) is 44.1 Å². The average molecular weight is 277 g/mol.